The van der Waals surface area contributed by atoms with Gasteiger partial charge in [0.2, 0.25) is 0 Å². The van der Waals surface area contributed by atoms with E-state index < -0.39 is 15.6 Å². The first-order valence-corrected chi connectivity index (χ1v) is 5.22. The van der Waals surface area contributed by atoms with Gasteiger partial charge in [0.15, 0.2) is 0 Å². The predicted molar refractivity (Wildman–Crippen MR) is 44.7 cm³/mol. The van der Waals surface area contributed by atoms with E-state index in [9.17, 15) is 21.6 Å². The zero-order valence-electron chi connectivity index (χ0n) is 7.71. The Morgan fingerprint density at radius 3 is 2.21 bits per heavy atom. The van der Waals surface area contributed by atoms with Crippen molar-refractivity contribution in [2.45, 2.75) is 25.8 Å². The molecule has 84 valence electrons. The second-order valence-electron chi connectivity index (χ2n) is 3.00. The second-order valence-corrected chi connectivity index (χ2v) is 4.56. The summed E-state index contributed by atoms with van der Waals surface area (Å²) >= 11 is 0. The standard InChI is InChI=1S/C7H11F3O3S/c1-6(2)4-3-5-13-14(11,12)7(8,9)10/h3,5-6H,4H2,1-2H3. The molecular weight excluding hydrogens is 221 g/mol. The summed E-state index contributed by atoms with van der Waals surface area (Å²) in [5, 5.41) is 0. The van der Waals surface area contributed by atoms with Gasteiger partial charge in [-0.25, -0.2) is 0 Å². The molecule has 14 heavy (non-hydrogen) atoms. The number of allylic oxidation sites excluding steroid dienone is 1. The van der Waals surface area contributed by atoms with E-state index in [0.29, 0.717) is 12.7 Å². The minimum absolute atomic E-state index is 0.225. The van der Waals surface area contributed by atoms with Crippen LogP contribution in [0.4, 0.5) is 13.2 Å². The topological polar surface area (TPSA) is 43.4 Å². The fourth-order valence-electron chi connectivity index (χ4n) is 0.495. The van der Waals surface area contributed by atoms with Gasteiger partial charge in [-0.3, -0.25) is 0 Å². The van der Waals surface area contributed by atoms with Crippen molar-refractivity contribution in [3.8, 4) is 0 Å². The van der Waals surface area contributed by atoms with E-state index in [1.54, 1.807) is 0 Å². The van der Waals surface area contributed by atoms with Crippen molar-refractivity contribution >= 4 is 10.1 Å². The summed E-state index contributed by atoms with van der Waals surface area (Å²) in [6.07, 6.45) is 2.23. The van der Waals surface area contributed by atoms with Crippen molar-refractivity contribution in [1.82, 2.24) is 0 Å². The van der Waals surface area contributed by atoms with E-state index in [-0.39, 0.29) is 5.92 Å². The van der Waals surface area contributed by atoms with Crippen LogP contribution in [0, 0.1) is 5.92 Å². The van der Waals surface area contributed by atoms with Crippen molar-refractivity contribution in [1.29, 1.82) is 0 Å². The zero-order chi connectivity index (χ0) is 11.4. The van der Waals surface area contributed by atoms with E-state index in [0.717, 1.165) is 0 Å². The third-order valence-corrected chi connectivity index (χ3v) is 2.10. The lowest BCUT2D eigenvalue weighted by Gasteiger charge is -2.05. The summed E-state index contributed by atoms with van der Waals surface area (Å²) in [7, 11) is -5.48. The average molecular weight is 232 g/mol. The third-order valence-electron chi connectivity index (χ3n) is 1.17. The van der Waals surface area contributed by atoms with Gasteiger partial charge in [0.1, 0.15) is 6.26 Å². The smallest absolute Gasteiger partial charge is 0.384 e. The molecule has 0 aliphatic carbocycles. The molecular formula is C7H11F3O3S. The number of halogens is 3. The molecule has 0 bridgehead atoms. The zero-order valence-corrected chi connectivity index (χ0v) is 8.52. The highest BCUT2D eigenvalue weighted by Crippen LogP contribution is 2.24. The molecule has 0 radical (unpaired) electrons. The van der Waals surface area contributed by atoms with Crippen LogP contribution in [-0.2, 0) is 14.3 Å². The predicted octanol–water partition coefficient (Wildman–Crippen LogP) is 2.41. The van der Waals surface area contributed by atoms with Crippen LogP contribution in [0.1, 0.15) is 20.3 Å². The number of hydrogen-bond donors (Lipinski definition) is 0. The summed E-state index contributed by atoms with van der Waals surface area (Å²) in [4.78, 5) is 0. The molecule has 0 amide bonds. The van der Waals surface area contributed by atoms with Crippen LogP contribution in [0.5, 0.6) is 0 Å². The largest absolute Gasteiger partial charge is 0.534 e. The van der Waals surface area contributed by atoms with Gasteiger partial charge >= 0.3 is 15.6 Å². The molecule has 0 aromatic heterocycles. The molecule has 0 rings (SSSR count). The van der Waals surface area contributed by atoms with Crippen LogP contribution >= 0.6 is 0 Å². The van der Waals surface area contributed by atoms with Gasteiger partial charge in [0.05, 0.1) is 0 Å². The van der Waals surface area contributed by atoms with Gasteiger partial charge < -0.3 is 4.18 Å². The molecule has 3 nitrogen and oxygen atoms in total. The Labute approximate surface area is 80.7 Å². The minimum Gasteiger partial charge on any atom is -0.384 e. The van der Waals surface area contributed by atoms with Gasteiger partial charge in [0.25, 0.3) is 0 Å². The fourth-order valence-corrected chi connectivity index (χ4v) is 0.829. The van der Waals surface area contributed by atoms with Gasteiger partial charge in [-0.15, -0.1) is 0 Å². The molecule has 0 aromatic carbocycles. The molecule has 0 aliphatic heterocycles. The van der Waals surface area contributed by atoms with Crippen LogP contribution in [0.25, 0.3) is 0 Å². The number of alkyl halides is 3. The number of rotatable bonds is 4. The summed E-state index contributed by atoms with van der Waals surface area (Å²) in [5.41, 5.74) is -5.37. The quantitative estimate of drug-likeness (QED) is 0.424. The number of hydrogen-bond acceptors (Lipinski definition) is 3. The lowest BCUT2D eigenvalue weighted by molar-refractivity contribution is -0.0515. The lowest BCUT2D eigenvalue weighted by atomic mass is 10.1. The highest BCUT2D eigenvalue weighted by Gasteiger charge is 2.47. The van der Waals surface area contributed by atoms with Crippen molar-refractivity contribution in [2.75, 3.05) is 0 Å². The van der Waals surface area contributed by atoms with Gasteiger partial charge in [-0.05, 0) is 18.4 Å². The lowest BCUT2D eigenvalue weighted by Crippen LogP contribution is -2.23. The Bertz CT molecular complexity index is 290. The Morgan fingerprint density at radius 2 is 1.86 bits per heavy atom. The van der Waals surface area contributed by atoms with E-state index in [4.69, 9.17) is 0 Å². The average Bonchev–Trinajstić information content (AvgIpc) is 1.95. The molecule has 0 aliphatic rings. The van der Waals surface area contributed by atoms with Crippen LogP contribution in [0.3, 0.4) is 0 Å². The van der Waals surface area contributed by atoms with E-state index in [1.807, 2.05) is 13.8 Å². The molecule has 0 spiro atoms. The maximum absolute atomic E-state index is 11.7. The molecule has 0 N–H and O–H groups in total. The van der Waals surface area contributed by atoms with Crippen molar-refractivity contribution < 1.29 is 25.8 Å². The first-order valence-electron chi connectivity index (χ1n) is 3.81. The Hall–Kier alpha value is -0.720. The summed E-state index contributed by atoms with van der Waals surface area (Å²) in [5.74, 6) is 0.225. The van der Waals surface area contributed by atoms with Crippen LogP contribution in [0.15, 0.2) is 12.3 Å². The van der Waals surface area contributed by atoms with Crippen molar-refractivity contribution in [2.24, 2.45) is 5.92 Å². The SMILES string of the molecule is CC(C)CC=COS(=O)(=O)C(F)(F)F. The fraction of sp³-hybridized carbons (Fsp3) is 0.714. The molecule has 7 heteroatoms. The van der Waals surface area contributed by atoms with Crippen LogP contribution in [-0.4, -0.2) is 13.9 Å². The highest BCUT2D eigenvalue weighted by molar-refractivity contribution is 7.87. The van der Waals surface area contributed by atoms with E-state index in [1.165, 1.54) is 6.08 Å². The second kappa shape index (κ2) is 4.68. The minimum atomic E-state index is -5.48. The normalized spacial score (nSPS) is 13.9. The van der Waals surface area contributed by atoms with Crippen molar-refractivity contribution in [3.05, 3.63) is 12.3 Å². The first-order chi connectivity index (χ1) is 6.17. The van der Waals surface area contributed by atoms with Gasteiger partial charge in [0, 0.05) is 0 Å². The van der Waals surface area contributed by atoms with E-state index >= 15 is 0 Å². The van der Waals surface area contributed by atoms with Gasteiger partial charge in [-0.2, -0.15) is 21.6 Å². The highest BCUT2D eigenvalue weighted by atomic mass is 32.2. The molecule has 0 saturated carbocycles. The monoisotopic (exact) mass is 232 g/mol. The first kappa shape index (κ1) is 13.3. The summed E-state index contributed by atoms with van der Waals surface area (Å²) in [6, 6.07) is 0. The third kappa shape index (κ3) is 4.50. The van der Waals surface area contributed by atoms with Gasteiger partial charge in [-0.1, -0.05) is 13.8 Å². The Balaban J connectivity index is 4.22. The molecule has 0 fully saturated rings. The molecule has 0 unspecified atom stereocenters. The summed E-state index contributed by atoms with van der Waals surface area (Å²) < 4.78 is 59.2. The van der Waals surface area contributed by atoms with Crippen LogP contribution < -0.4 is 0 Å². The molecule has 0 aromatic rings. The molecule has 0 saturated heterocycles. The summed E-state index contributed by atoms with van der Waals surface area (Å²) in [6.45, 7) is 3.67. The van der Waals surface area contributed by atoms with Crippen LogP contribution in [0.2, 0.25) is 0 Å². The Kier molecular flexibility index (Phi) is 4.44. The van der Waals surface area contributed by atoms with Crippen molar-refractivity contribution in [3.63, 3.8) is 0 Å². The Morgan fingerprint density at radius 1 is 1.36 bits per heavy atom. The maximum Gasteiger partial charge on any atom is 0.534 e. The maximum atomic E-state index is 11.7. The van der Waals surface area contributed by atoms with E-state index in [2.05, 4.69) is 4.18 Å². The molecule has 0 heterocycles. The molecule has 0 atom stereocenters.